The second-order valence-electron chi connectivity index (χ2n) is 8.93. The maximum atomic E-state index is 13.2. The second kappa shape index (κ2) is 12.6. The summed E-state index contributed by atoms with van der Waals surface area (Å²) in [5, 5.41) is 13.7. The van der Waals surface area contributed by atoms with E-state index in [2.05, 4.69) is 20.9 Å². The molecule has 1 aromatic heterocycles. The number of halogens is 1. The summed E-state index contributed by atoms with van der Waals surface area (Å²) in [7, 11) is 0. The highest BCUT2D eigenvalue weighted by molar-refractivity contribution is 5.97. The van der Waals surface area contributed by atoms with Crippen molar-refractivity contribution in [2.75, 3.05) is 11.9 Å². The minimum atomic E-state index is -0.971. The highest BCUT2D eigenvalue weighted by atomic mass is 19.1. The van der Waals surface area contributed by atoms with Crippen LogP contribution in [0.25, 0.3) is 11.0 Å². The van der Waals surface area contributed by atoms with Crippen molar-refractivity contribution in [1.29, 1.82) is 0 Å². The lowest BCUT2D eigenvalue weighted by Crippen LogP contribution is -2.47. The number of benzene rings is 4. The molecule has 0 aliphatic carbocycles. The molecular formula is C30H26FN5O4. The molecule has 0 fully saturated rings. The number of anilines is 1. The quantitative estimate of drug-likeness (QED) is 0.252. The van der Waals surface area contributed by atoms with Crippen molar-refractivity contribution < 1.29 is 23.5 Å². The summed E-state index contributed by atoms with van der Waals surface area (Å²) in [6, 6.07) is 28.2. The lowest BCUT2D eigenvalue weighted by molar-refractivity contribution is -0.128. The number of fused-ring (bicyclic) bond motifs is 1. The number of ether oxygens (including phenoxy) is 2. The molecule has 202 valence electrons. The summed E-state index contributed by atoms with van der Waals surface area (Å²) in [5.41, 5.74) is 2.82. The molecule has 4 aromatic carbocycles. The van der Waals surface area contributed by atoms with Gasteiger partial charge in [0.15, 0.2) is 0 Å². The molecule has 5 rings (SSSR count). The third-order valence-corrected chi connectivity index (χ3v) is 5.93. The van der Waals surface area contributed by atoms with Crippen LogP contribution < -0.4 is 15.4 Å². The average molecular weight is 540 g/mol. The Morgan fingerprint density at radius 1 is 0.850 bits per heavy atom. The lowest BCUT2D eigenvalue weighted by Gasteiger charge is -2.19. The number of rotatable bonds is 11. The molecule has 0 aliphatic heterocycles. The van der Waals surface area contributed by atoms with Crippen LogP contribution in [0, 0.1) is 5.82 Å². The Morgan fingerprint density at radius 2 is 1.52 bits per heavy atom. The zero-order valence-corrected chi connectivity index (χ0v) is 21.4. The van der Waals surface area contributed by atoms with Crippen LogP contribution in [0.1, 0.15) is 5.56 Å². The molecule has 0 bridgehead atoms. The summed E-state index contributed by atoms with van der Waals surface area (Å²) in [6.07, 6.45) is 0. The SMILES string of the molecule is O=C(Cn1nnc2ccccc21)NC(COCc1ccccc1)C(=O)Nc1ccc(Oc2ccc(F)cc2)cc1. The molecule has 1 heterocycles. The van der Waals surface area contributed by atoms with Gasteiger partial charge in [-0.3, -0.25) is 9.59 Å². The number of aromatic nitrogens is 3. The molecule has 40 heavy (non-hydrogen) atoms. The van der Waals surface area contributed by atoms with E-state index in [4.69, 9.17) is 9.47 Å². The molecule has 1 unspecified atom stereocenters. The third kappa shape index (κ3) is 7.06. The molecule has 0 saturated heterocycles. The molecule has 5 aromatic rings. The van der Waals surface area contributed by atoms with Crippen molar-refractivity contribution in [3.8, 4) is 11.5 Å². The number of hydrogen-bond acceptors (Lipinski definition) is 6. The summed E-state index contributed by atoms with van der Waals surface area (Å²) < 4.78 is 26.1. The van der Waals surface area contributed by atoms with Gasteiger partial charge in [-0.15, -0.1) is 5.10 Å². The standard InChI is InChI=1S/C30H26FN5O4/c31-22-10-14-24(15-11-22)40-25-16-12-23(13-17-25)32-30(38)27(20-39-19-21-6-2-1-3-7-21)33-29(37)18-36-28-9-5-4-8-26(28)34-35-36/h1-17,27H,18-20H2,(H,32,38)(H,33,37). The van der Waals surface area contributed by atoms with Crippen molar-refractivity contribution in [1.82, 2.24) is 20.3 Å². The molecule has 0 radical (unpaired) electrons. The Hall–Kier alpha value is -5.09. The van der Waals surface area contributed by atoms with Gasteiger partial charge in [0.05, 0.1) is 18.7 Å². The van der Waals surface area contributed by atoms with Gasteiger partial charge in [-0.1, -0.05) is 47.7 Å². The van der Waals surface area contributed by atoms with E-state index in [1.54, 1.807) is 30.3 Å². The molecule has 10 heteroatoms. The van der Waals surface area contributed by atoms with Gasteiger partial charge in [0.1, 0.15) is 35.4 Å². The molecule has 2 amide bonds. The minimum absolute atomic E-state index is 0.0453. The number of hydrogen-bond donors (Lipinski definition) is 2. The largest absolute Gasteiger partial charge is 0.457 e. The van der Waals surface area contributed by atoms with E-state index in [1.165, 1.54) is 28.9 Å². The van der Waals surface area contributed by atoms with E-state index in [-0.39, 0.29) is 25.6 Å². The fourth-order valence-electron chi connectivity index (χ4n) is 3.94. The number of para-hydroxylation sites is 1. The monoisotopic (exact) mass is 539 g/mol. The van der Waals surface area contributed by atoms with Crippen molar-refractivity contribution >= 4 is 28.5 Å². The van der Waals surface area contributed by atoms with Crippen molar-refractivity contribution in [2.45, 2.75) is 19.2 Å². The van der Waals surface area contributed by atoms with E-state index in [1.807, 2.05) is 48.5 Å². The summed E-state index contributed by atoms with van der Waals surface area (Å²) in [5.74, 6) is -0.217. The molecule has 1 atom stereocenters. The van der Waals surface area contributed by atoms with Crippen LogP contribution in [0.15, 0.2) is 103 Å². The maximum absolute atomic E-state index is 13.2. The number of nitrogens with zero attached hydrogens (tertiary/aromatic N) is 3. The Balaban J connectivity index is 1.23. The molecule has 0 spiro atoms. The minimum Gasteiger partial charge on any atom is -0.457 e. The Morgan fingerprint density at radius 3 is 2.27 bits per heavy atom. The van der Waals surface area contributed by atoms with Crippen LogP contribution >= 0.6 is 0 Å². The first-order valence-corrected chi connectivity index (χ1v) is 12.6. The molecule has 2 N–H and O–H groups in total. The highest BCUT2D eigenvalue weighted by Gasteiger charge is 2.22. The number of carbonyl (C=O) groups is 2. The van der Waals surface area contributed by atoms with Gasteiger partial charge < -0.3 is 20.1 Å². The van der Waals surface area contributed by atoms with Gasteiger partial charge in [0.2, 0.25) is 11.8 Å². The first-order chi connectivity index (χ1) is 19.5. The zero-order valence-electron chi connectivity index (χ0n) is 21.4. The Labute approximate surface area is 229 Å². The number of carbonyl (C=O) groups excluding carboxylic acids is 2. The van der Waals surface area contributed by atoms with E-state index in [9.17, 15) is 14.0 Å². The van der Waals surface area contributed by atoms with Gasteiger partial charge in [-0.25, -0.2) is 9.07 Å². The normalized spacial score (nSPS) is 11.6. The molecular weight excluding hydrogens is 513 g/mol. The van der Waals surface area contributed by atoms with Crippen molar-refractivity contribution in [2.24, 2.45) is 0 Å². The predicted octanol–water partition coefficient (Wildman–Crippen LogP) is 4.70. The average Bonchev–Trinajstić information content (AvgIpc) is 3.38. The first kappa shape index (κ1) is 26.5. The lowest BCUT2D eigenvalue weighted by atomic mass is 10.2. The van der Waals surface area contributed by atoms with E-state index < -0.39 is 17.9 Å². The van der Waals surface area contributed by atoms with Crippen LogP contribution in [0.2, 0.25) is 0 Å². The van der Waals surface area contributed by atoms with Gasteiger partial charge in [0, 0.05) is 5.69 Å². The van der Waals surface area contributed by atoms with Gasteiger partial charge in [-0.05, 0) is 66.2 Å². The predicted molar refractivity (Wildman–Crippen MR) is 147 cm³/mol. The first-order valence-electron chi connectivity index (χ1n) is 12.6. The summed E-state index contributed by atoms with van der Waals surface area (Å²) in [6.45, 7) is 0.123. The summed E-state index contributed by atoms with van der Waals surface area (Å²) in [4.78, 5) is 26.1. The van der Waals surface area contributed by atoms with E-state index in [0.717, 1.165) is 5.56 Å². The van der Waals surface area contributed by atoms with Crippen LogP contribution in [-0.2, 0) is 27.5 Å². The van der Waals surface area contributed by atoms with Gasteiger partial charge >= 0.3 is 0 Å². The third-order valence-electron chi connectivity index (χ3n) is 5.93. The van der Waals surface area contributed by atoms with Crippen LogP contribution in [0.5, 0.6) is 11.5 Å². The van der Waals surface area contributed by atoms with Crippen LogP contribution in [0.4, 0.5) is 10.1 Å². The number of amides is 2. The topological polar surface area (TPSA) is 107 Å². The highest BCUT2D eigenvalue weighted by Crippen LogP contribution is 2.23. The second-order valence-corrected chi connectivity index (χ2v) is 8.93. The molecule has 0 aliphatic rings. The number of nitrogens with one attached hydrogen (secondary N) is 2. The van der Waals surface area contributed by atoms with Crippen molar-refractivity contribution in [3.05, 3.63) is 115 Å². The van der Waals surface area contributed by atoms with Crippen molar-refractivity contribution in [3.63, 3.8) is 0 Å². The fourth-order valence-corrected chi connectivity index (χ4v) is 3.94. The Kier molecular flexibility index (Phi) is 8.38. The molecule has 9 nitrogen and oxygen atoms in total. The van der Waals surface area contributed by atoms with Crippen LogP contribution in [0.3, 0.4) is 0 Å². The zero-order chi connectivity index (χ0) is 27.7. The van der Waals surface area contributed by atoms with Crippen LogP contribution in [-0.4, -0.2) is 39.5 Å². The maximum Gasteiger partial charge on any atom is 0.249 e. The van der Waals surface area contributed by atoms with E-state index >= 15 is 0 Å². The van der Waals surface area contributed by atoms with Gasteiger partial charge in [0.25, 0.3) is 0 Å². The van der Waals surface area contributed by atoms with E-state index in [0.29, 0.717) is 28.2 Å². The fraction of sp³-hybridized carbons (Fsp3) is 0.133. The smallest absolute Gasteiger partial charge is 0.249 e. The molecule has 0 saturated carbocycles. The summed E-state index contributed by atoms with van der Waals surface area (Å²) >= 11 is 0. The Bertz CT molecular complexity index is 1570. The van der Waals surface area contributed by atoms with Gasteiger partial charge in [-0.2, -0.15) is 0 Å².